The lowest BCUT2D eigenvalue weighted by Crippen LogP contribution is -2.38. The molecule has 8 heteroatoms. The zero-order valence-electron chi connectivity index (χ0n) is 11.9. The van der Waals surface area contributed by atoms with Crippen molar-refractivity contribution in [3.8, 4) is 0 Å². The Morgan fingerprint density at radius 2 is 1.86 bits per heavy atom. The predicted molar refractivity (Wildman–Crippen MR) is 83.4 cm³/mol. The molecule has 0 unspecified atom stereocenters. The van der Waals surface area contributed by atoms with E-state index in [1.54, 1.807) is 24.3 Å². The average molecular weight is 321 g/mol. The van der Waals surface area contributed by atoms with Crippen molar-refractivity contribution in [1.29, 1.82) is 0 Å². The van der Waals surface area contributed by atoms with Gasteiger partial charge in [0, 0.05) is 30.9 Å². The third-order valence-electron chi connectivity index (χ3n) is 2.95. The lowest BCUT2D eigenvalue weighted by molar-refractivity contribution is 0.0955. The summed E-state index contributed by atoms with van der Waals surface area (Å²) < 4.78 is 2.21. The molecule has 0 bridgehead atoms. The van der Waals surface area contributed by atoms with Crippen molar-refractivity contribution in [3.63, 3.8) is 0 Å². The Balaban J connectivity index is 2.17. The number of carbonyl (C=O) groups is 1. The van der Waals surface area contributed by atoms with E-state index in [1.165, 1.54) is 31.1 Å². The molecule has 0 fully saturated rings. The quantitative estimate of drug-likeness (QED) is 0.660. The molecule has 2 aromatic rings. The number of hydrogen-bond donors (Lipinski definition) is 1. The highest BCUT2D eigenvalue weighted by Gasteiger charge is 2.06. The number of rotatable bonds is 3. The van der Waals surface area contributed by atoms with Crippen LogP contribution in [-0.4, -0.2) is 21.3 Å². The SMILES string of the molecule is Cn1cc(/C=N/NC(=O)c2ccc(Cl)cc2)c(=O)n(C)c1=O. The predicted octanol–water partition coefficient (Wildman–Crippen LogP) is 0.501. The van der Waals surface area contributed by atoms with E-state index >= 15 is 0 Å². The number of hydrazone groups is 1. The molecule has 1 heterocycles. The van der Waals surface area contributed by atoms with Crippen LogP contribution in [0.5, 0.6) is 0 Å². The Kier molecular flexibility index (Phi) is 4.57. The lowest BCUT2D eigenvalue weighted by Gasteiger charge is -2.03. The van der Waals surface area contributed by atoms with Gasteiger partial charge in [-0.3, -0.25) is 14.2 Å². The molecule has 0 saturated heterocycles. The van der Waals surface area contributed by atoms with Gasteiger partial charge in [0.2, 0.25) is 0 Å². The van der Waals surface area contributed by atoms with Gasteiger partial charge in [-0.25, -0.2) is 10.2 Å². The number of hydrogen-bond acceptors (Lipinski definition) is 4. The standard InChI is InChI=1S/C14H13ClN4O3/c1-18-8-10(13(21)19(2)14(18)22)7-16-17-12(20)9-3-5-11(15)6-4-9/h3-8H,1-2H3,(H,17,20)/b16-7+. The summed E-state index contributed by atoms with van der Waals surface area (Å²) in [5.74, 6) is -0.436. The van der Waals surface area contributed by atoms with Gasteiger partial charge in [0.25, 0.3) is 11.5 Å². The summed E-state index contributed by atoms with van der Waals surface area (Å²) in [5, 5.41) is 4.25. The molecule has 114 valence electrons. The van der Waals surface area contributed by atoms with Gasteiger partial charge in [0.05, 0.1) is 11.8 Å². The first kappa shape index (κ1) is 15.7. The second-order valence-electron chi connectivity index (χ2n) is 4.55. The minimum absolute atomic E-state index is 0.181. The lowest BCUT2D eigenvalue weighted by atomic mass is 10.2. The summed E-state index contributed by atoms with van der Waals surface area (Å²) in [4.78, 5) is 35.2. The Bertz CT molecular complexity index is 850. The normalized spacial score (nSPS) is 10.9. The number of aromatic nitrogens is 2. The van der Waals surface area contributed by atoms with Crippen LogP contribution in [0.3, 0.4) is 0 Å². The molecule has 0 saturated carbocycles. The van der Waals surface area contributed by atoms with E-state index in [2.05, 4.69) is 10.5 Å². The van der Waals surface area contributed by atoms with Crippen molar-refractivity contribution < 1.29 is 4.79 Å². The van der Waals surface area contributed by atoms with Gasteiger partial charge in [0.1, 0.15) is 0 Å². The Hall–Kier alpha value is -2.67. The smallest absolute Gasteiger partial charge is 0.303 e. The van der Waals surface area contributed by atoms with Crippen LogP contribution in [0.4, 0.5) is 0 Å². The van der Waals surface area contributed by atoms with Crippen molar-refractivity contribution in [2.45, 2.75) is 0 Å². The molecule has 0 spiro atoms. The number of benzene rings is 1. The minimum atomic E-state index is -0.493. The Morgan fingerprint density at radius 3 is 2.50 bits per heavy atom. The first-order valence-corrected chi connectivity index (χ1v) is 6.63. The largest absolute Gasteiger partial charge is 0.330 e. The maximum absolute atomic E-state index is 11.9. The van der Waals surface area contributed by atoms with Crippen LogP contribution in [-0.2, 0) is 14.1 Å². The minimum Gasteiger partial charge on any atom is -0.303 e. The maximum Gasteiger partial charge on any atom is 0.330 e. The number of nitrogens with zero attached hydrogens (tertiary/aromatic N) is 3. The Labute approximate surface area is 130 Å². The van der Waals surface area contributed by atoms with Crippen molar-refractivity contribution in [1.82, 2.24) is 14.6 Å². The number of aryl methyl sites for hydroxylation is 1. The summed E-state index contributed by atoms with van der Waals surface area (Å²) in [6, 6.07) is 6.28. The fraction of sp³-hybridized carbons (Fsp3) is 0.143. The average Bonchev–Trinajstić information content (AvgIpc) is 2.50. The van der Waals surface area contributed by atoms with E-state index < -0.39 is 17.2 Å². The molecular formula is C14H13ClN4O3. The van der Waals surface area contributed by atoms with Crippen LogP contribution >= 0.6 is 11.6 Å². The highest BCUT2D eigenvalue weighted by Crippen LogP contribution is 2.09. The van der Waals surface area contributed by atoms with Crippen LogP contribution in [0.2, 0.25) is 5.02 Å². The van der Waals surface area contributed by atoms with E-state index in [9.17, 15) is 14.4 Å². The molecular weight excluding hydrogens is 308 g/mol. The van der Waals surface area contributed by atoms with Gasteiger partial charge >= 0.3 is 5.69 Å². The molecule has 1 N–H and O–H groups in total. The van der Waals surface area contributed by atoms with Crippen molar-refractivity contribution >= 4 is 23.7 Å². The van der Waals surface area contributed by atoms with E-state index in [1.807, 2.05) is 0 Å². The maximum atomic E-state index is 11.9. The molecule has 0 aliphatic heterocycles. The molecule has 22 heavy (non-hydrogen) atoms. The van der Waals surface area contributed by atoms with Crippen LogP contribution in [0, 0.1) is 0 Å². The van der Waals surface area contributed by atoms with Crippen LogP contribution < -0.4 is 16.7 Å². The van der Waals surface area contributed by atoms with Gasteiger partial charge in [-0.2, -0.15) is 5.10 Å². The zero-order valence-corrected chi connectivity index (χ0v) is 12.7. The fourth-order valence-electron chi connectivity index (χ4n) is 1.75. The molecule has 0 aliphatic carbocycles. The number of halogens is 1. The van der Waals surface area contributed by atoms with Gasteiger partial charge in [0.15, 0.2) is 0 Å². The molecule has 7 nitrogen and oxygen atoms in total. The summed E-state index contributed by atoms with van der Waals surface area (Å²) in [6.07, 6.45) is 2.54. The number of amides is 1. The zero-order chi connectivity index (χ0) is 16.3. The third-order valence-corrected chi connectivity index (χ3v) is 3.20. The molecule has 1 aromatic heterocycles. The molecule has 2 rings (SSSR count). The number of carbonyl (C=O) groups excluding carboxylic acids is 1. The van der Waals surface area contributed by atoms with Crippen LogP contribution in [0.1, 0.15) is 15.9 Å². The van der Waals surface area contributed by atoms with Gasteiger partial charge < -0.3 is 4.57 Å². The molecule has 0 aliphatic rings. The Morgan fingerprint density at radius 1 is 1.23 bits per heavy atom. The summed E-state index contributed by atoms with van der Waals surface area (Å²) >= 11 is 5.73. The van der Waals surface area contributed by atoms with E-state index in [-0.39, 0.29) is 5.56 Å². The first-order valence-electron chi connectivity index (χ1n) is 6.26. The summed E-state index contributed by atoms with van der Waals surface area (Å²) in [6.45, 7) is 0. The van der Waals surface area contributed by atoms with Gasteiger partial charge in [-0.1, -0.05) is 11.6 Å². The van der Waals surface area contributed by atoms with E-state index in [4.69, 9.17) is 11.6 Å². The van der Waals surface area contributed by atoms with Crippen LogP contribution in [0.25, 0.3) is 0 Å². The van der Waals surface area contributed by atoms with Crippen molar-refractivity contribution in [2.24, 2.45) is 19.2 Å². The second kappa shape index (κ2) is 6.40. The first-order chi connectivity index (χ1) is 10.4. The molecule has 0 radical (unpaired) electrons. The molecule has 0 atom stereocenters. The fourth-order valence-corrected chi connectivity index (χ4v) is 1.88. The van der Waals surface area contributed by atoms with Gasteiger partial charge in [-0.15, -0.1) is 0 Å². The monoisotopic (exact) mass is 320 g/mol. The third kappa shape index (κ3) is 3.32. The summed E-state index contributed by atoms with van der Waals surface area (Å²) in [5.41, 5.74) is 1.93. The topological polar surface area (TPSA) is 85.5 Å². The van der Waals surface area contributed by atoms with E-state index in [0.717, 1.165) is 4.57 Å². The highest BCUT2D eigenvalue weighted by atomic mass is 35.5. The molecule has 1 aromatic carbocycles. The number of nitrogens with one attached hydrogen (secondary N) is 1. The van der Waals surface area contributed by atoms with E-state index in [0.29, 0.717) is 10.6 Å². The summed E-state index contributed by atoms with van der Waals surface area (Å²) in [7, 11) is 2.89. The van der Waals surface area contributed by atoms with Crippen LogP contribution in [0.15, 0.2) is 45.2 Å². The highest BCUT2D eigenvalue weighted by molar-refractivity contribution is 6.30. The van der Waals surface area contributed by atoms with Crippen molar-refractivity contribution in [3.05, 3.63) is 67.4 Å². The molecule has 1 amide bonds. The second-order valence-corrected chi connectivity index (χ2v) is 4.98. The van der Waals surface area contributed by atoms with Crippen molar-refractivity contribution in [2.75, 3.05) is 0 Å². The van der Waals surface area contributed by atoms with Gasteiger partial charge in [-0.05, 0) is 24.3 Å².